The van der Waals surface area contributed by atoms with Gasteiger partial charge in [-0.25, -0.2) is 4.98 Å². The van der Waals surface area contributed by atoms with Gasteiger partial charge in [-0.3, -0.25) is 9.59 Å². The molecule has 1 atom stereocenters. The molecule has 0 aromatic carbocycles. The zero-order chi connectivity index (χ0) is 18.6. The predicted molar refractivity (Wildman–Crippen MR) is 107 cm³/mol. The summed E-state index contributed by atoms with van der Waals surface area (Å²) in [4.78, 5) is 35.9. The summed E-state index contributed by atoms with van der Waals surface area (Å²) >= 11 is 2.87. The van der Waals surface area contributed by atoms with Crippen LogP contribution in [0.2, 0.25) is 0 Å². The number of hydrogen-bond donors (Lipinski definition) is 1. The first-order valence-corrected chi connectivity index (χ1v) is 10.6. The topological polar surface area (TPSA) is 66.1 Å². The fourth-order valence-electron chi connectivity index (χ4n) is 2.76. The zero-order valence-corrected chi connectivity index (χ0v) is 17.3. The molecule has 0 fully saturated rings. The number of carbonyl (C=O) groups is 1. The number of nitrogens with one attached hydrogen (secondary N) is 1. The number of thioether (sulfide) groups is 1. The summed E-state index contributed by atoms with van der Waals surface area (Å²) in [6.07, 6.45) is 1.99. The number of carbonyl (C=O) groups excluding carboxylic acids is 1. The average Bonchev–Trinajstić information content (AvgIpc) is 2.89. The minimum absolute atomic E-state index is 0.0672. The second-order valence-electron chi connectivity index (χ2n) is 6.26. The van der Waals surface area contributed by atoms with E-state index in [2.05, 4.69) is 30.7 Å². The Morgan fingerprint density at radius 2 is 2.00 bits per heavy atom. The molecule has 2 rings (SSSR count). The highest BCUT2D eigenvalue weighted by Gasteiger charge is 2.18. The molecule has 2 aromatic heterocycles. The number of hydrogen-bond acceptors (Lipinski definition) is 5. The number of amides is 1. The molecular formula is C18H27N3O2S2. The van der Waals surface area contributed by atoms with Gasteiger partial charge in [-0.05, 0) is 38.7 Å². The summed E-state index contributed by atoms with van der Waals surface area (Å²) in [5.41, 5.74) is 1.03. The molecule has 138 valence electrons. The Hall–Kier alpha value is -1.34. The van der Waals surface area contributed by atoms with Gasteiger partial charge in [0.05, 0.1) is 11.1 Å². The molecule has 0 spiro atoms. The Kier molecular flexibility index (Phi) is 7.07. The molecule has 0 bridgehead atoms. The Balaban J connectivity index is 2.25. The van der Waals surface area contributed by atoms with Crippen molar-refractivity contribution in [3.05, 3.63) is 20.8 Å². The molecule has 0 unspecified atom stereocenters. The third kappa shape index (κ3) is 4.64. The first-order valence-electron chi connectivity index (χ1n) is 8.83. The van der Waals surface area contributed by atoms with Crippen LogP contribution in [0.1, 0.15) is 44.6 Å². The number of thiophene rings is 1. The first kappa shape index (κ1) is 20.0. The van der Waals surface area contributed by atoms with E-state index < -0.39 is 0 Å². The molecule has 7 heteroatoms. The lowest BCUT2D eigenvalue weighted by molar-refractivity contribution is -0.127. The van der Waals surface area contributed by atoms with E-state index in [0.717, 1.165) is 33.5 Å². The molecule has 0 saturated heterocycles. The summed E-state index contributed by atoms with van der Waals surface area (Å²) in [6, 6.07) is 0. The molecule has 0 aliphatic heterocycles. The summed E-state index contributed by atoms with van der Waals surface area (Å²) in [7, 11) is 0. The number of nitrogens with zero attached hydrogens (tertiary/aromatic N) is 2. The summed E-state index contributed by atoms with van der Waals surface area (Å²) in [6.45, 7) is 11.7. The van der Waals surface area contributed by atoms with Crippen LogP contribution in [0.15, 0.2) is 9.95 Å². The zero-order valence-electron chi connectivity index (χ0n) is 15.6. The largest absolute Gasteiger partial charge is 0.343 e. The lowest BCUT2D eigenvalue weighted by Gasteiger charge is -2.17. The maximum absolute atomic E-state index is 12.6. The van der Waals surface area contributed by atoms with Gasteiger partial charge >= 0.3 is 0 Å². The summed E-state index contributed by atoms with van der Waals surface area (Å²) in [5, 5.41) is 1.25. The highest BCUT2D eigenvalue weighted by molar-refractivity contribution is 7.99. The standard InChI is InChI=1S/C18H27N3O2S2/c1-6-11(4)9-13-12(5)25-17-15(13)16(23)19-18(20-17)24-10-14(22)21(7-2)8-3/h11H,6-10H2,1-5H3,(H,19,20,23)/t11-/m1/s1. The van der Waals surface area contributed by atoms with Crippen molar-refractivity contribution in [3.63, 3.8) is 0 Å². The highest BCUT2D eigenvalue weighted by Crippen LogP contribution is 2.30. The maximum atomic E-state index is 12.6. The van der Waals surface area contributed by atoms with Crippen LogP contribution in [0.5, 0.6) is 0 Å². The van der Waals surface area contributed by atoms with E-state index in [1.54, 1.807) is 16.2 Å². The Bertz CT molecular complexity index is 793. The van der Waals surface area contributed by atoms with Crippen molar-refractivity contribution < 1.29 is 4.79 Å². The minimum atomic E-state index is -0.0922. The van der Waals surface area contributed by atoms with E-state index in [1.165, 1.54) is 11.8 Å². The number of aryl methyl sites for hydroxylation is 1. The van der Waals surface area contributed by atoms with Crippen molar-refractivity contribution in [2.24, 2.45) is 5.92 Å². The molecule has 2 aromatic rings. The van der Waals surface area contributed by atoms with Crippen molar-refractivity contribution in [1.29, 1.82) is 0 Å². The van der Waals surface area contributed by atoms with E-state index in [-0.39, 0.29) is 11.5 Å². The van der Waals surface area contributed by atoms with Gasteiger partial charge in [0.2, 0.25) is 5.91 Å². The maximum Gasteiger partial charge on any atom is 0.260 e. The van der Waals surface area contributed by atoms with E-state index in [9.17, 15) is 9.59 Å². The van der Waals surface area contributed by atoms with Gasteiger partial charge in [-0.15, -0.1) is 11.3 Å². The van der Waals surface area contributed by atoms with Crippen LogP contribution in [0.25, 0.3) is 10.2 Å². The molecule has 25 heavy (non-hydrogen) atoms. The molecule has 2 heterocycles. The van der Waals surface area contributed by atoms with E-state index in [4.69, 9.17) is 0 Å². The van der Waals surface area contributed by atoms with Crippen molar-refractivity contribution in [2.45, 2.75) is 52.6 Å². The van der Waals surface area contributed by atoms with Crippen molar-refractivity contribution in [1.82, 2.24) is 14.9 Å². The molecule has 0 aliphatic rings. The molecule has 0 saturated carbocycles. The quantitative estimate of drug-likeness (QED) is 0.557. The van der Waals surface area contributed by atoms with Crippen LogP contribution in [0.4, 0.5) is 0 Å². The average molecular weight is 382 g/mol. The number of rotatable bonds is 8. The lowest BCUT2D eigenvalue weighted by atomic mass is 9.98. The van der Waals surface area contributed by atoms with E-state index >= 15 is 0 Å². The Morgan fingerprint density at radius 1 is 1.32 bits per heavy atom. The number of aromatic amines is 1. The van der Waals surface area contributed by atoms with Crippen LogP contribution >= 0.6 is 23.1 Å². The molecule has 1 amide bonds. The van der Waals surface area contributed by atoms with E-state index in [1.807, 2.05) is 13.8 Å². The van der Waals surface area contributed by atoms with Crippen molar-refractivity contribution in [2.75, 3.05) is 18.8 Å². The molecule has 0 aliphatic carbocycles. The van der Waals surface area contributed by atoms with Gasteiger partial charge in [0.15, 0.2) is 5.16 Å². The van der Waals surface area contributed by atoms with Crippen LogP contribution < -0.4 is 5.56 Å². The molecule has 1 N–H and O–H groups in total. The first-order chi connectivity index (χ1) is 11.9. The normalized spacial score (nSPS) is 12.5. The van der Waals surface area contributed by atoms with Gasteiger partial charge in [0, 0.05) is 18.0 Å². The SMILES string of the molecule is CC[C@@H](C)Cc1c(C)sc2nc(SCC(=O)N(CC)CC)[nH]c(=O)c12. The number of H-pyrrole nitrogens is 1. The van der Waals surface area contributed by atoms with Gasteiger partial charge in [-0.2, -0.15) is 0 Å². The van der Waals surface area contributed by atoms with Gasteiger partial charge in [0.1, 0.15) is 4.83 Å². The van der Waals surface area contributed by atoms with Crippen LogP contribution in [-0.4, -0.2) is 39.6 Å². The Labute approximate surface area is 157 Å². The lowest BCUT2D eigenvalue weighted by Crippen LogP contribution is -2.32. The summed E-state index contributed by atoms with van der Waals surface area (Å²) < 4.78 is 0. The van der Waals surface area contributed by atoms with Gasteiger partial charge < -0.3 is 9.88 Å². The molecule has 0 radical (unpaired) electrons. The Morgan fingerprint density at radius 3 is 2.60 bits per heavy atom. The molecule has 5 nitrogen and oxygen atoms in total. The second kappa shape index (κ2) is 8.85. The highest BCUT2D eigenvalue weighted by atomic mass is 32.2. The van der Waals surface area contributed by atoms with Crippen LogP contribution in [0.3, 0.4) is 0 Å². The third-order valence-corrected chi connectivity index (χ3v) is 6.44. The van der Waals surface area contributed by atoms with E-state index in [0.29, 0.717) is 29.9 Å². The van der Waals surface area contributed by atoms with Crippen molar-refractivity contribution >= 4 is 39.2 Å². The fraction of sp³-hybridized carbons (Fsp3) is 0.611. The third-order valence-electron chi connectivity index (χ3n) is 4.54. The summed E-state index contributed by atoms with van der Waals surface area (Å²) in [5.74, 6) is 0.898. The molecular weight excluding hydrogens is 354 g/mol. The van der Waals surface area contributed by atoms with Gasteiger partial charge in [0.25, 0.3) is 5.56 Å². The second-order valence-corrected chi connectivity index (χ2v) is 8.43. The van der Waals surface area contributed by atoms with Crippen LogP contribution in [-0.2, 0) is 11.2 Å². The van der Waals surface area contributed by atoms with Crippen LogP contribution in [0, 0.1) is 12.8 Å². The number of aromatic nitrogens is 2. The van der Waals surface area contributed by atoms with Crippen molar-refractivity contribution in [3.8, 4) is 0 Å². The minimum Gasteiger partial charge on any atom is -0.343 e. The van der Waals surface area contributed by atoms with Gasteiger partial charge in [-0.1, -0.05) is 32.0 Å². The predicted octanol–water partition coefficient (Wildman–Crippen LogP) is 3.84. The smallest absolute Gasteiger partial charge is 0.260 e. The fourth-order valence-corrected chi connectivity index (χ4v) is 4.63. The monoisotopic (exact) mass is 381 g/mol. The number of fused-ring (bicyclic) bond motifs is 1.